The number of amides is 1. The van der Waals surface area contributed by atoms with Crippen molar-refractivity contribution >= 4 is 15.9 Å². The molecule has 2 fully saturated rings. The van der Waals surface area contributed by atoms with Crippen molar-refractivity contribution in [1.82, 2.24) is 14.9 Å². The van der Waals surface area contributed by atoms with Crippen LogP contribution in [0.25, 0.3) is 0 Å². The fourth-order valence-corrected chi connectivity index (χ4v) is 5.36. The molecule has 0 saturated carbocycles. The van der Waals surface area contributed by atoms with Crippen LogP contribution < -0.4 is 10.6 Å². The summed E-state index contributed by atoms with van der Waals surface area (Å²) in [6, 6.07) is 9.82. The second kappa shape index (κ2) is 8.71. The van der Waals surface area contributed by atoms with E-state index in [1.807, 2.05) is 30.3 Å². The summed E-state index contributed by atoms with van der Waals surface area (Å²) in [5.74, 6) is 0.773. The third-order valence-corrected chi connectivity index (χ3v) is 7.98. The molecule has 2 aliphatic heterocycles. The highest BCUT2D eigenvalue weighted by molar-refractivity contribution is 7.89. The lowest BCUT2D eigenvalue weighted by Gasteiger charge is -2.40. The number of hydrogen-bond donors (Lipinski definition) is 2. The first-order valence-corrected chi connectivity index (χ1v) is 11.6. The van der Waals surface area contributed by atoms with Crippen molar-refractivity contribution in [1.29, 1.82) is 0 Å². The fourth-order valence-electron chi connectivity index (χ4n) is 4.25. The van der Waals surface area contributed by atoms with Gasteiger partial charge >= 0.3 is 0 Å². The third kappa shape index (κ3) is 4.52. The van der Waals surface area contributed by atoms with Gasteiger partial charge in [0.1, 0.15) is 0 Å². The SMILES string of the molecule is CCS(=O)(=O)N1CCC(C(=O)NCCC2CCNC2)(c2ccccc2)CC1. The second-order valence-corrected chi connectivity index (χ2v) is 9.91. The Morgan fingerprint density at radius 1 is 1.26 bits per heavy atom. The summed E-state index contributed by atoms with van der Waals surface area (Å²) in [6.45, 7) is 5.23. The van der Waals surface area contributed by atoms with E-state index in [0.717, 1.165) is 25.1 Å². The van der Waals surface area contributed by atoms with Gasteiger partial charge < -0.3 is 10.6 Å². The monoisotopic (exact) mass is 393 g/mol. The molecular formula is C20H31N3O3S. The van der Waals surface area contributed by atoms with Crippen molar-refractivity contribution in [2.45, 2.75) is 38.0 Å². The van der Waals surface area contributed by atoms with Crippen molar-refractivity contribution in [2.24, 2.45) is 5.92 Å². The number of rotatable bonds is 7. The molecule has 1 aromatic carbocycles. The normalized spacial score (nSPS) is 23.2. The molecule has 0 radical (unpaired) electrons. The van der Waals surface area contributed by atoms with Crippen molar-refractivity contribution in [3.63, 3.8) is 0 Å². The Bertz CT molecular complexity index is 722. The average molecular weight is 394 g/mol. The first-order chi connectivity index (χ1) is 13.0. The third-order valence-electron chi connectivity index (χ3n) is 6.10. The van der Waals surface area contributed by atoms with E-state index in [1.54, 1.807) is 6.92 Å². The molecule has 1 aromatic rings. The van der Waals surface area contributed by atoms with Crippen molar-refractivity contribution < 1.29 is 13.2 Å². The minimum absolute atomic E-state index is 0.0354. The average Bonchev–Trinajstić information content (AvgIpc) is 3.22. The molecule has 7 heteroatoms. The van der Waals surface area contributed by atoms with E-state index >= 15 is 0 Å². The van der Waals surface area contributed by atoms with Crippen LogP contribution in [0, 0.1) is 5.92 Å². The molecule has 0 bridgehead atoms. The fraction of sp³-hybridized carbons (Fsp3) is 0.650. The van der Waals surface area contributed by atoms with Gasteiger partial charge in [-0.2, -0.15) is 0 Å². The molecule has 2 heterocycles. The largest absolute Gasteiger partial charge is 0.355 e. The lowest BCUT2D eigenvalue weighted by molar-refractivity contribution is -0.128. The van der Waals surface area contributed by atoms with E-state index in [0.29, 0.717) is 38.4 Å². The summed E-state index contributed by atoms with van der Waals surface area (Å²) in [6.07, 6.45) is 3.20. The first kappa shape index (κ1) is 20.3. The number of nitrogens with one attached hydrogen (secondary N) is 2. The molecule has 2 aliphatic rings. The molecule has 150 valence electrons. The van der Waals surface area contributed by atoms with Gasteiger partial charge in [-0.3, -0.25) is 4.79 Å². The molecule has 2 N–H and O–H groups in total. The molecule has 1 unspecified atom stereocenters. The summed E-state index contributed by atoms with van der Waals surface area (Å²) in [7, 11) is -3.21. The minimum Gasteiger partial charge on any atom is -0.355 e. The van der Waals surface area contributed by atoms with Gasteiger partial charge in [-0.15, -0.1) is 0 Å². The van der Waals surface area contributed by atoms with Gasteiger partial charge in [0.05, 0.1) is 11.2 Å². The minimum atomic E-state index is -3.21. The molecule has 1 atom stereocenters. The lowest BCUT2D eigenvalue weighted by Crippen LogP contribution is -2.53. The highest BCUT2D eigenvalue weighted by atomic mass is 32.2. The maximum Gasteiger partial charge on any atom is 0.230 e. The van der Waals surface area contributed by atoms with Gasteiger partial charge in [-0.1, -0.05) is 30.3 Å². The van der Waals surface area contributed by atoms with Crippen LogP contribution in [0.4, 0.5) is 0 Å². The van der Waals surface area contributed by atoms with Crippen LogP contribution in [0.15, 0.2) is 30.3 Å². The van der Waals surface area contributed by atoms with E-state index in [-0.39, 0.29) is 11.7 Å². The first-order valence-electron chi connectivity index (χ1n) is 10.0. The Morgan fingerprint density at radius 2 is 1.96 bits per heavy atom. The van der Waals surface area contributed by atoms with Crippen molar-refractivity contribution in [2.75, 3.05) is 38.5 Å². The Hall–Kier alpha value is -1.44. The zero-order chi connectivity index (χ0) is 19.3. The number of benzene rings is 1. The summed E-state index contributed by atoms with van der Waals surface area (Å²) in [5, 5.41) is 6.51. The molecule has 0 aromatic heterocycles. The molecule has 6 nitrogen and oxygen atoms in total. The standard InChI is InChI=1S/C20H31N3O3S/c1-2-27(25,26)23-14-10-20(11-15-23,18-6-4-3-5-7-18)19(24)22-13-9-17-8-12-21-16-17/h3-7,17,21H,2,8-16H2,1H3,(H,22,24). The number of piperidine rings is 1. The quantitative estimate of drug-likeness (QED) is 0.736. The molecule has 0 aliphatic carbocycles. The maximum atomic E-state index is 13.2. The smallest absolute Gasteiger partial charge is 0.230 e. The van der Waals surface area contributed by atoms with Gasteiger partial charge in [-0.25, -0.2) is 12.7 Å². The molecule has 3 rings (SSSR count). The Kier molecular flexibility index (Phi) is 6.55. The maximum absolute atomic E-state index is 13.2. The summed E-state index contributed by atoms with van der Waals surface area (Å²) in [5.41, 5.74) is 0.341. The summed E-state index contributed by atoms with van der Waals surface area (Å²) in [4.78, 5) is 13.2. The number of carbonyl (C=O) groups excluding carboxylic acids is 1. The summed E-state index contributed by atoms with van der Waals surface area (Å²) < 4.78 is 26.0. The van der Waals surface area contributed by atoms with Crippen LogP contribution in [0.1, 0.15) is 38.2 Å². The highest BCUT2D eigenvalue weighted by Crippen LogP contribution is 2.36. The van der Waals surface area contributed by atoms with E-state index in [4.69, 9.17) is 0 Å². The Morgan fingerprint density at radius 3 is 2.56 bits per heavy atom. The van der Waals surface area contributed by atoms with E-state index in [1.165, 1.54) is 10.7 Å². The van der Waals surface area contributed by atoms with Gasteiger partial charge in [0.2, 0.25) is 15.9 Å². The Labute approximate surface area is 162 Å². The Balaban J connectivity index is 1.71. The predicted octanol–water partition coefficient (Wildman–Crippen LogP) is 1.49. The van der Waals surface area contributed by atoms with Gasteiger partial charge in [-0.05, 0) is 57.2 Å². The predicted molar refractivity (Wildman–Crippen MR) is 107 cm³/mol. The molecule has 1 amide bonds. The number of nitrogens with zero attached hydrogens (tertiary/aromatic N) is 1. The molecule has 0 spiro atoms. The molecule has 2 saturated heterocycles. The second-order valence-electron chi connectivity index (χ2n) is 7.65. The summed E-state index contributed by atoms with van der Waals surface area (Å²) >= 11 is 0. The zero-order valence-electron chi connectivity index (χ0n) is 16.1. The van der Waals surface area contributed by atoms with Gasteiger partial charge in [0.15, 0.2) is 0 Å². The van der Waals surface area contributed by atoms with Gasteiger partial charge in [0, 0.05) is 19.6 Å². The van der Waals surface area contributed by atoms with Crippen LogP contribution in [0.5, 0.6) is 0 Å². The zero-order valence-corrected chi connectivity index (χ0v) is 16.9. The van der Waals surface area contributed by atoms with Crippen molar-refractivity contribution in [3.05, 3.63) is 35.9 Å². The molecule has 27 heavy (non-hydrogen) atoms. The van der Waals surface area contributed by atoms with E-state index in [2.05, 4.69) is 10.6 Å². The number of sulfonamides is 1. The lowest BCUT2D eigenvalue weighted by atomic mass is 9.72. The van der Waals surface area contributed by atoms with Crippen molar-refractivity contribution in [3.8, 4) is 0 Å². The number of carbonyl (C=O) groups is 1. The van der Waals surface area contributed by atoms with Crippen LogP contribution in [0.2, 0.25) is 0 Å². The molecular weight excluding hydrogens is 362 g/mol. The topological polar surface area (TPSA) is 78.5 Å². The van der Waals surface area contributed by atoms with Crippen LogP contribution >= 0.6 is 0 Å². The number of hydrogen-bond acceptors (Lipinski definition) is 4. The van der Waals surface area contributed by atoms with E-state index in [9.17, 15) is 13.2 Å². The van der Waals surface area contributed by atoms with Crippen LogP contribution in [-0.2, 0) is 20.2 Å². The van der Waals surface area contributed by atoms with Gasteiger partial charge in [0.25, 0.3) is 0 Å². The van der Waals surface area contributed by atoms with Crippen LogP contribution in [0.3, 0.4) is 0 Å². The van der Waals surface area contributed by atoms with E-state index < -0.39 is 15.4 Å². The highest BCUT2D eigenvalue weighted by Gasteiger charge is 2.44. The van der Waals surface area contributed by atoms with Crippen LogP contribution in [-0.4, -0.2) is 57.1 Å².